The Hall–Kier alpha value is -0.0400. The van der Waals surface area contributed by atoms with Gasteiger partial charge in [0.15, 0.2) is 0 Å². The summed E-state index contributed by atoms with van der Waals surface area (Å²) in [5.74, 6) is 1.99. The largest absolute Gasteiger partial charge is 0.327 e. The van der Waals surface area contributed by atoms with Crippen LogP contribution >= 0.6 is 0 Å². The van der Waals surface area contributed by atoms with Crippen molar-refractivity contribution in [3.63, 3.8) is 0 Å². The van der Waals surface area contributed by atoms with Crippen LogP contribution in [-0.4, -0.2) is 6.04 Å². The van der Waals surface area contributed by atoms with E-state index < -0.39 is 0 Å². The average Bonchev–Trinajstić information content (AvgIpc) is 1.80. The highest BCUT2D eigenvalue weighted by Crippen LogP contribution is 2.45. The molecule has 0 aromatic heterocycles. The van der Waals surface area contributed by atoms with E-state index in [1.807, 2.05) is 0 Å². The molecular weight excluding hydrogens is 98.1 g/mol. The van der Waals surface area contributed by atoms with Gasteiger partial charge in [-0.3, -0.25) is 0 Å². The van der Waals surface area contributed by atoms with Crippen molar-refractivity contribution in [1.29, 1.82) is 0 Å². The quantitative estimate of drug-likeness (QED) is 0.498. The van der Waals surface area contributed by atoms with Gasteiger partial charge in [-0.05, 0) is 37.5 Å². The monoisotopic (exact) mass is 111 g/mol. The minimum atomic E-state index is 0.578. The lowest BCUT2D eigenvalue weighted by Crippen LogP contribution is -2.33. The third-order valence-electron chi connectivity index (χ3n) is 2.90. The normalized spacial score (nSPS) is 52.9. The summed E-state index contributed by atoms with van der Waals surface area (Å²) in [6, 6.07) is 0.578. The van der Waals surface area contributed by atoms with Crippen LogP contribution in [0.5, 0.6) is 0 Å². The van der Waals surface area contributed by atoms with Crippen molar-refractivity contribution in [2.75, 3.05) is 0 Å². The van der Waals surface area contributed by atoms with Crippen LogP contribution in [0.3, 0.4) is 0 Å². The summed E-state index contributed by atoms with van der Waals surface area (Å²) < 4.78 is 0. The van der Waals surface area contributed by atoms with E-state index >= 15 is 0 Å². The molecule has 2 rings (SSSR count). The summed E-state index contributed by atoms with van der Waals surface area (Å²) in [5.41, 5.74) is 5.82. The van der Waals surface area contributed by atoms with Crippen LogP contribution in [0.2, 0.25) is 0 Å². The van der Waals surface area contributed by atoms with Gasteiger partial charge >= 0.3 is 0 Å². The van der Waals surface area contributed by atoms with Gasteiger partial charge in [0.05, 0.1) is 0 Å². The molecule has 0 saturated heterocycles. The van der Waals surface area contributed by atoms with E-state index in [9.17, 15) is 0 Å². The number of nitrogens with two attached hydrogens (primary N) is 1. The first-order valence-electron chi connectivity index (χ1n) is 3.63. The lowest BCUT2D eigenvalue weighted by atomic mass is 9.75. The van der Waals surface area contributed by atoms with Gasteiger partial charge in [-0.25, -0.2) is 0 Å². The zero-order valence-corrected chi connectivity index (χ0v) is 5.14. The second-order valence-corrected chi connectivity index (χ2v) is 3.24. The smallest absolute Gasteiger partial charge is 0.00699 e. The first kappa shape index (κ1) is 4.80. The van der Waals surface area contributed by atoms with Crippen LogP contribution in [0.1, 0.15) is 25.7 Å². The fraction of sp³-hybridized carbons (Fsp3) is 1.00. The Morgan fingerprint density at radius 3 is 2.00 bits per heavy atom. The van der Waals surface area contributed by atoms with Crippen LogP contribution in [0, 0.1) is 11.8 Å². The fourth-order valence-corrected chi connectivity index (χ4v) is 2.14. The molecule has 8 heavy (non-hydrogen) atoms. The molecule has 1 nitrogen and oxygen atoms in total. The molecule has 0 aliphatic heterocycles. The van der Waals surface area contributed by atoms with Crippen molar-refractivity contribution in [1.82, 2.24) is 0 Å². The molecular formula is C7H13N. The van der Waals surface area contributed by atoms with Crippen molar-refractivity contribution in [3.8, 4) is 0 Å². The van der Waals surface area contributed by atoms with Crippen molar-refractivity contribution < 1.29 is 0 Å². The van der Waals surface area contributed by atoms with Crippen LogP contribution < -0.4 is 5.73 Å². The van der Waals surface area contributed by atoms with Gasteiger partial charge < -0.3 is 5.73 Å². The minimum absolute atomic E-state index is 0.578. The highest BCUT2D eigenvalue weighted by Gasteiger charge is 2.39. The fourth-order valence-electron chi connectivity index (χ4n) is 2.14. The Labute approximate surface area is 50.3 Å². The van der Waals surface area contributed by atoms with E-state index in [-0.39, 0.29) is 0 Å². The molecule has 2 N–H and O–H groups in total. The van der Waals surface area contributed by atoms with Crippen LogP contribution in [0.25, 0.3) is 0 Å². The van der Waals surface area contributed by atoms with Crippen LogP contribution in [-0.2, 0) is 0 Å². The zero-order chi connectivity index (χ0) is 5.56. The van der Waals surface area contributed by atoms with Crippen LogP contribution in [0.15, 0.2) is 0 Å². The van der Waals surface area contributed by atoms with E-state index in [0.717, 1.165) is 11.8 Å². The molecule has 2 saturated carbocycles. The molecule has 3 atom stereocenters. The van der Waals surface area contributed by atoms with E-state index in [1.165, 1.54) is 25.7 Å². The molecule has 2 fully saturated rings. The summed E-state index contributed by atoms with van der Waals surface area (Å²) in [6.45, 7) is 0. The molecule has 0 unspecified atom stereocenters. The molecule has 46 valence electrons. The molecule has 0 heterocycles. The van der Waals surface area contributed by atoms with E-state index in [2.05, 4.69) is 0 Å². The van der Waals surface area contributed by atoms with Crippen molar-refractivity contribution in [2.24, 2.45) is 17.6 Å². The molecule has 0 bridgehead atoms. The Balaban J connectivity index is 2.05. The van der Waals surface area contributed by atoms with Gasteiger partial charge in [0.1, 0.15) is 0 Å². The van der Waals surface area contributed by atoms with E-state index in [0.29, 0.717) is 6.04 Å². The average molecular weight is 111 g/mol. The van der Waals surface area contributed by atoms with Gasteiger partial charge in [0.25, 0.3) is 0 Å². The first-order chi connectivity index (χ1) is 3.88. The molecule has 1 heteroatoms. The predicted molar refractivity (Wildman–Crippen MR) is 33.4 cm³/mol. The van der Waals surface area contributed by atoms with E-state index in [1.54, 1.807) is 0 Å². The van der Waals surface area contributed by atoms with Gasteiger partial charge in [0, 0.05) is 6.04 Å². The number of hydrogen-bond donors (Lipinski definition) is 1. The highest BCUT2D eigenvalue weighted by molar-refractivity contribution is 4.94. The molecule has 0 spiro atoms. The van der Waals surface area contributed by atoms with Crippen LogP contribution in [0.4, 0.5) is 0 Å². The molecule has 0 aromatic carbocycles. The predicted octanol–water partition coefficient (Wildman–Crippen LogP) is 1.13. The summed E-state index contributed by atoms with van der Waals surface area (Å²) in [7, 11) is 0. The Kier molecular flexibility index (Phi) is 0.884. The third kappa shape index (κ3) is 0.455. The SMILES string of the molecule is N[C@@H]1CC[C@H]2CC[C@H]21. The van der Waals surface area contributed by atoms with Crippen molar-refractivity contribution in [2.45, 2.75) is 31.7 Å². The van der Waals surface area contributed by atoms with E-state index in [4.69, 9.17) is 5.73 Å². The maximum absolute atomic E-state index is 5.82. The molecule has 2 aliphatic carbocycles. The Morgan fingerprint density at radius 2 is 1.75 bits per heavy atom. The summed E-state index contributed by atoms with van der Waals surface area (Å²) in [6.07, 6.45) is 5.62. The maximum Gasteiger partial charge on any atom is 0.00699 e. The maximum atomic E-state index is 5.82. The van der Waals surface area contributed by atoms with Gasteiger partial charge in [-0.15, -0.1) is 0 Å². The lowest BCUT2D eigenvalue weighted by molar-refractivity contribution is 0.202. The number of fused-ring (bicyclic) bond motifs is 1. The molecule has 2 aliphatic rings. The minimum Gasteiger partial charge on any atom is -0.327 e. The van der Waals surface area contributed by atoms with Gasteiger partial charge in [-0.2, -0.15) is 0 Å². The second-order valence-electron chi connectivity index (χ2n) is 3.24. The first-order valence-corrected chi connectivity index (χ1v) is 3.63. The Bertz CT molecular complexity index is 94.6. The zero-order valence-electron chi connectivity index (χ0n) is 5.14. The summed E-state index contributed by atoms with van der Waals surface area (Å²) in [4.78, 5) is 0. The number of hydrogen-bond acceptors (Lipinski definition) is 1. The topological polar surface area (TPSA) is 26.0 Å². The second kappa shape index (κ2) is 1.47. The van der Waals surface area contributed by atoms with Gasteiger partial charge in [-0.1, -0.05) is 0 Å². The third-order valence-corrected chi connectivity index (χ3v) is 2.90. The van der Waals surface area contributed by atoms with Crippen molar-refractivity contribution in [3.05, 3.63) is 0 Å². The summed E-state index contributed by atoms with van der Waals surface area (Å²) in [5, 5.41) is 0. The highest BCUT2D eigenvalue weighted by atomic mass is 14.7. The van der Waals surface area contributed by atoms with Crippen molar-refractivity contribution >= 4 is 0 Å². The molecule has 0 radical (unpaired) electrons. The number of rotatable bonds is 0. The standard InChI is InChI=1S/C7H13N/c8-7-4-2-5-1-3-6(5)7/h5-7H,1-4,8H2/t5-,6-,7-/m1/s1. The lowest BCUT2D eigenvalue weighted by Gasteiger charge is -2.32. The van der Waals surface area contributed by atoms with Gasteiger partial charge in [0.2, 0.25) is 0 Å². The Morgan fingerprint density at radius 1 is 1.00 bits per heavy atom. The summed E-state index contributed by atoms with van der Waals surface area (Å²) >= 11 is 0. The molecule has 0 aromatic rings. The molecule has 0 amide bonds.